The summed E-state index contributed by atoms with van der Waals surface area (Å²) >= 11 is 0. The Morgan fingerprint density at radius 2 is 1.80 bits per heavy atom. The molecule has 0 N–H and O–H groups in total. The van der Waals surface area contributed by atoms with Gasteiger partial charge in [-0.2, -0.15) is 4.98 Å². The lowest BCUT2D eigenvalue weighted by molar-refractivity contribution is 0.369. The lowest BCUT2D eigenvalue weighted by Crippen LogP contribution is -2.13. The van der Waals surface area contributed by atoms with Gasteiger partial charge in [-0.05, 0) is 12.5 Å². The van der Waals surface area contributed by atoms with E-state index in [2.05, 4.69) is 10.1 Å². The summed E-state index contributed by atoms with van der Waals surface area (Å²) in [5.41, 5.74) is 0.753. The molecule has 108 valence electrons. The van der Waals surface area contributed by atoms with Gasteiger partial charge in [0.1, 0.15) is 5.25 Å². The molecule has 0 radical (unpaired) electrons. The van der Waals surface area contributed by atoms with Gasteiger partial charge in [-0.15, -0.1) is 0 Å². The van der Waals surface area contributed by atoms with Crippen LogP contribution in [-0.2, 0) is 15.6 Å². The average molecular weight is 294 g/mol. The lowest BCUT2D eigenvalue weighted by Gasteiger charge is -2.08. The molecule has 2 rings (SSSR count). The highest BCUT2D eigenvalue weighted by Crippen LogP contribution is 2.25. The highest BCUT2D eigenvalue weighted by Gasteiger charge is 2.28. The molecule has 0 fully saturated rings. The third-order valence-electron chi connectivity index (χ3n) is 3.07. The topological polar surface area (TPSA) is 73.1 Å². The highest BCUT2D eigenvalue weighted by molar-refractivity contribution is 7.90. The third-order valence-corrected chi connectivity index (χ3v) is 5.09. The summed E-state index contributed by atoms with van der Waals surface area (Å²) in [5, 5.41) is 3.00. The van der Waals surface area contributed by atoms with Crippen LogP contribution < -0.4 is 0 Å². The summed E-state index contributed by atoms with van der Waals surface area (Å²) in [6.45, 7) is 5.44. The van der Waals surface area contributed by atoms with Crippen molar-refractivity contribution in [1.82, 2.24) is 10.1 Å². The zero-order valence-corrected chi connectivity index (χ0v) is 12.6. The smallest absolute Gasteiger partial charge is 0.244 e. The van der Waals surface area contributed by atoms with Crippen LogP contribution in [0.2, 0.25) is 0 Å². The molecule has 5 nitrogen and oxygen atoms in total. The van der Waals surface area contributed by atoms with Crippen LogP contribution in [0.4, 0.5) is 0 Å². The molecule has 1 unspecified atom stereocenters. The van der Waals surface area contributed by atoms with Gasteiger partial charge in [-0.3, -0.25) is 0 Å². The Balaban J connectivity index is 2.20. The number of aromatic nitrogens is 2. The van der Waals surface area contributed by atoms with Crippen molar-refractivity contribution in [2.75, 3.05) is 0 Å². The van der Waals surface area contributed by atoms with Crippen molar-refractivity contribution in [1.29, 1.82) is 0 Å². The van der Waals surface area contributed by atoms with Gasteiger partial charge in [0.05, 0.1) is 5.75 Å². The average Bonchev–Trinajstić information content (AvgIpc) is 2.88. The number of hydrogen-bond acceptors (Lipinski definition) is 5. The Morgan fingerprint density at radius 1 is 1.15 bits per heavy atom. The molecule has 0 aliphatic heterocycles. The Bertz CT molecular complexity index is 663. The fourth-order valence-corrected chi connectivity index (χ4v) is 3.04. The van der Waals surface area contributed by atoms with E-state index in [-0.39, 0.29) is 17.6 Å². The van der Waals surface area contributed by atoms with E-state index in [9.17, 15) is 8.42 Å². The van der Waals surface area contributed by atoms with E-state index >= 15 is 0 Å². The quantitative estimate of drug-likeness (QED) is 0.847. The van der Waals surface area contributed by atoms with E-state index in [1.165, 1.54) is 0 Å². The molecule has 0 amide bonds. The normalized spacial score (nSPS) is 13.6. The molecule has 0 aliphatic carbocycles. The molecule has 0 aliphatic rings. The molecular weight excluding hydrogens is 276 g/mol. The molecule has 1 aromatic heterocycles. The second-order valence-corrected chi connectivity index (χ2v) is 7.40. The Labute approximate surface area is 118 Å². The minimum absolute atomic E-state index is 0.0333. The van der Waals surface area contributed by atoms with E-state index in [4.69, 9.17) is 4.52 Å². The summed E-state index contributed by atoms with van der Waals surface area (Å²) in [6.07, 6.45) is 0. The van der Waals surface area contributed by atoms with E-state index < -0.39 is 15.1 Å². The molecule has 1 heterocycles. The van der Waals surface area contributed by atoms with Gasteiger partial charge in [0.15, 0.2) is 15.7 Å². The molecule has 0 spiro atoms. The highest BCUT2D eigenvalue weighted by atomic mass is 32.2. The summed E-state index contributed by atoms with van der Waals surface area (Å²) in [6, 6.07) is 9.07. The predicted molar refractivity (Wildman–Crippen MR) is 75.9 cm³/mol. The summed E-state index contributed by atoms with van der Waals surface area (Å²) in [4.78, 5) is 4.16. The van der Waals surface area contributed by atoms with Crippen molar-refractivity contribution >= 4 is 9.84 Å². The minimum atomic E-state index is -3.38. The maximum Gasteiger partial charge on any atom is 0.244 e. The molecule has 2 aromatic rings. The van der Waals surface area contributed by atoms with E-state index in [1.807, 2.05) is 32.0 Å². The van der Waals surface area contributed by atoms with Gasteiger partial charge in [0, 0.05) is 5.92 Å². The Morgan fingerprint density at radius 3 is 2.35 bits per heavy atom. The molecule has 20 heavy (non-hydrogen) atoms. The van der Waals surface area contributed by atoms with Crippen molar-refractivity contribution in [3.8, 4) is 0 Å². The van der Waals surface area contributed by atoms with Crippen LogP contribution >= 0.6 is 0 Å². The van der Waals surface area contributed by atoms with Crippen LogP contribution in [-0.4, -0.2) is 18.6 Å². The van der Waals surface area contributed by atoms with Gasteiger partial charge in [0.25, 0.3) is 0 Å². The molecular formula is C14H18N2O3S. The first kappa shape index (κ1) is 14.7. The van der Waals surface area contributed by atoms with Crippen LogP contribution in [0.25, 0.3) is 0 Å². The molecule has 0 bridgehead atoms. The first-order valence-electron chi connectivity index (χ1n) is 6.49. The number of nitrogens with zero attached hydrogens (tertiary/aromatic N) is 2. The molecule has 1 atom stereocenters. The number of benzene rings is 1. The second-order valence-electron chi connectivity index (χ2n) is 5.08. The minimum Gasteiger partial charge on any atom is -0.338 e. The first-order chi connectivity index (χ1) is 9.40. The fraction of sp³-hybridized carbons (Fsp3) is 0.429. The summed E-state index contributed by atoms with van der Waals surface area (Å²) < 4.78 is 29.8. The maximum absolute atomic E-state index is 12.4. The second kappa shape index (κ2) is 5.75. The van der Waals surface area contributed by atoms with Crippen molar-refractivity contribution in [3.05, 3.63) is 47.6 Å². The van der Waals surface area contributed by atoms with Crippen molar-refractivity contribution in [2.45, 2.75) is 37.7 Å². The van der Waals surface area contributed by atoms with Crippen LogP contribution in [0.3, 0.4) is 0 Å². The van der Waals surface area contributed by atoms with Crippen LogP contribution in [0.1, 0.15) is 49.2 Å². The Hall–Kier alpha value is -1.69. The first-order valence-corrected chi connectivity index (χ1v) is 8.20. The van der Waals surface area contributed by atoms with Crippen LogP contribution in [0.15, 0.2) is 34.9 Å². The standard InChI is InChI=1S/C14H18N2O3S/c1-10(2)13-15-14(19-16-13)11(3)20(17,18)9-12-7-5-4-6-8-12/h4-8,10-11H,9H2,1-3H3. The third kappa shape index (κ3) is 3.25. The van der Waals surface area contributed by atoms with Gasteiger partial charge >= 0.3 is 0 Å². The number of sulfone groups is 1. The fourth-order valence-electron chi connectivity index (χ4n) is 1.73. The van der Waals surface area contributed by atoms with Gasteiger partial charge < -0.3 is 4.52 Å². The van der Waals surface area contributed by atoms with Crippen LogP contribution in [0.5, 0.6) is 0 Å². The molecule has 0 saturated heterocycles. The Kier molecular flexibility index (Phi) is 4.23. The van der Waals surface area contributed by atoms with E-state index in [0.29, 0.717) is 5.82 Å². The van der Waals surface area contributed by atoms with Gasteiger partial charge in [-0.1, -0.05) is 49.3 Å². The number of rotatable bonds is 5. The molecule has 6 heteroatoms. The van der Waals surface area contributed by atoms with Crippen molar-refractivity contribution in [2.24, 2.45) is 0 Å². The SMILES string of the molecule is CC(C)c1noc(C(C)S(=O)(=O)Cc2ccccc2)n1. The molecule has 0 saturated carbocycles. The predicted octanol–water partition coefficient (Wildman–Crippen LogP) is 2.87. The van der Waals surface area contributed by atoms with Gasteiger partial charge in [-0.25, -0.2) is 8.42 Å². The number of hydrogen-bond donors (Lipinski definition) is 0. The zero-order chi connectivity index (χ0) is 14.8. The van der Waals surface area contributed by atoms with Crippen molar-refractivity contribution < 1.29 is 12.9 Å². The van der Waals surface area contributed by atoms with Gasteiger partial charge in [0.2, 0.25) is 5.89 Å². The van der Waals surface area contributed by atoms with Crippen molar-refractivity contribution in [3.63, 3.8) is 0 Å². The maximum atomic E-state index is 12.4. The van der Waals surface area contributed by atoms with Crippen LogP contribution in [0, 0.1) is 0 Å². The van der Waals surface area contributed by atoms with E-state index in [0.717, 1.165) is 5.56 Å². The summed E-state index contributed by atoms with van der Waals surface area (Å²) in [7, 11) is -3.38. The summed E-state index contributed by atoms with van der Waals surface area (Å²) in [5.74, 6) is 0.761. The molecule has 1 aromatic carbocycles. The monoisotopic (exact) mass is 294 g/mol. The lowest BCUT2D eigenvalue weighted by atomic mass is 10.2. The zero-order valence-electron chi connectivity index (χ0n) is 11.8. The van der Waals surface area contributed by atoms with E-state index in [1.54, 1.807) is 19.1 Å². The largest absolute Gasteiger partial charge is 0.338 e.